The third-order valence-corrected chi connectivity index (χ3v) is 7.30. The quantitative estimate of drug-likeness (QED) is 0.249. The molecule has 0 aliphatic carbocycles. The second-order valence-electron chi connectivity index (χ2n) is 10.0. The van der Waals surface area contributed by atoms with Crippen molar-refractivity contribution in [3.8, 4) is 11.3 Å². The van der Waals surface area contributed by atoms with Crippen molar-refractivity contribution in [2.75, 3.05) is 11.9 Å². The fraction of sp³-hybridized carbons (Fsp3) is 0.345. The lowest BCUT2D eigenvalue weighted by Gasteiger charge is -2.37. The van der Waals surface area contributed by atoms with Crippen LogP contribution in [0.25, 0.3) is 22.2 Å². The van der Waals surface area contributed by atoms with Gasteiger partial charge in [-0.2, -0.15) is 26.3 Å². The van der Waals surface area contributed by atoms with Gasteiger partial charge in [-0.25, -0.2) is 9.97 Å². The number of fused-ring (bicyclic) bond motifs is 1. The lowest BCUT2D eigenvalue weighted by atomic mass is 10.0. The average molecular weight is 560 g/mol. The number of benzene rings is 2. The molecule has 2 aromatic carbocycles. The molecule has 1 fully saturated rings. The summed E-state index contributed by atoms with van der Waals surface area (Å²) in [5.74, 6) is 0.810. The lowest BCUT2D eigenvalue weighted by Crippen LogP contribution is -2.39. The minimum absolute atomic E-state index is 0.197. The van der Waals surface area contributed by atoms with Crippen molar-refractivity contribution >= 4 is 22.4 Å². The van der Waals surface area contributed by atoms with E-state index < -0.39 is 23.5 Å². The first-order chi connectivity index (χ1) is 18.9. The van der Waals surface area contributed by atoms with E-state index in [1.165, 1.54) is 30.5 Å². The molecule has 0 amide bonds. The normalized spacial score (nSPS) is 17.6. The summed E-state index contributed by atoms with van der Waals surface area (Å²) >= 11 is 0. The number of nitrogens with one attached hydrogen (secondary N) is 1. The number of likely N-dealkylation sites (tertiary alicyclic amines) is 1. The van der Waals surface area contributed by atoms with Gasteiger partial charge in [0.15, 0.2) is 0 Å². The molecule has 11 heteroatoms. The van der Waals surface area contributed by atoms with E-state index in [-0.39, 0.29) is 17.3 Å². The van der Waals surface area contributed by atoms with Gasteiger partial charge in [-0.1, -0.05) is 12.5 Å². The van der Waals surface area contributed by atoms with E-state index >= 15 is 0 Å². The van der Waals surface area contributed by atoms with Crippen LogP contribution in [0.1, 0.15) is 56.1 Å². The predicted octanol–water partition coefficient (Wildman–Crippen LogP) is 8.41. The minimum Gasteiger partial charge on any atom is -0.340 e. The summed E-state index contributed by atoms with van der Waals surface area (Å²) in [5.41, 5.74) is -0.837. The maximum Gasteiger partial charge on any atom is 0.418 e. The highest BCUT2D eigenvalue weighted by atomic mass is 19.4. The molecule has 0 bridgehead atoms. The second kappa shape index (κ2) is 10.7. The lowest BCUT2D eigenvalue weighted by molar-refractivity contribution is -0.138. The molecule has 210 valence electrons. The number of piperidine rings is 1. The molecule has 2 aromatic heterocycles. The highest BCUT2D eigenvalue weighted by molar-refractivity contribution is 5.93. The molecular weight excluding hydrogens is 532 g/mol. The van der Waals surface area contributed by atoms with Crippen molar-refractivity contribution in [2.45, 2.75) is 57.5 Å². The van der Waals surface area contributed by atoms with Crippen LogP contribution in [-0.4, -0.2) is 32.4 Å². The van der Waals surface area contributed by atoms with Gasteiger partial charge in [0.2, 0.25) is 0 Å². The zero-order chi connectivity index (χ0) is 28.7. The minimum atomic E-state index is -4.59. The Bertz CT molecular complexity index is 1500. The summed E-state index contributed by atoms with van der Waals surface area (Å²) in [6, 6.07) is 11.5. The van der Waals surface area contributed by atoms with Gasteiger partial charge in [0.25, 0.3) is 0 Å². The molecule has 1 saturated heterocycles. The maximum atomic E-state index is 13.7. The Kier molecular flexibility index (Phi) is 7.43. The Balaban J connectivity index is 1.61. The van der Waals surface area contributed by atoms with Crippen LogP contribution in [0.5, 0.6) is 0 Å². The van der Waals surface area contributed by atoms with Gasteiger partial charge in [-0.05, 0) is 81.8 Å². The molecule has 5 nitrogen and oxygen atoms in total. The third kappa shape index (κ3) is 5.74. The number of nitrogens with zero attached hydrogens (tertiary/aromatic N) is 4. The van der Waals surface area contributed by atoms with Gasteiger partial charge < -0.3 is 5.32 Å². The van der Waals surface area contributed by atoms with Crippen molar-refractivity contribution in [2.24, 2.45) is 0 Å². The molecule has 0 saturated carbocycles. The van der Waals surface area contributed by atoms with Gasteiger partial charge in [-0.15, -0.1) is 0 Å². The monoisotopic (exact) mass is 559 g/mol. The largest absolute Gasteiger partial charge is 0.418 e. The number of pyridine rings is 1. The zero-order valence-electron chi connectivity index (χ0n) is 21.8. The topological polar surface area (TPSA) is 53.9 Å². The van der Waals surface area contributed by atoms with E-state index in [9.17, 15) is 26.3 Å². The molecule has 3 heterocycles. The van der Waals surface area contributed by atoms with Gasteiger partial charge in [0.05, 0.1) is 28.4 Å². The third-order valence-electron chi connectivity index (χ3n) is 7.30. The molecule has 1 aliphatic heterocycles. The van der Waals surface area contributed by atoms with Crippen LogP contribution in [0, 0.1) is 0 Å². The van der Waals surface area contributed by atoms with Gasteiger partial charge in [0.1, 0.15) is 11.6 Å². The van der Waals surface area contributed by atoms with E-state index in [4.69, 9.17) is 9.97 Å². The van der Waals surface area contributed by atoms with Gasteiger partial charge >= 0.3 is 12.4 Å². The molecule has 0 radical (unpaired) electrons. The van der Waals surface area contributed by atoms with E-state index in [0.717, 1.165) is 44.0 Å². The van der Waals surface area contributed by atoms with Crippen molar-refractivity contribution in [1.82, 2.24) is 19.9 Å². The first kappa shape index (κ1) is 27.8. The second-order valence-corrected chi connectivity index (χ2v) is 10.0. The maximum absolute atomic E-state index is 13.7. The Morgan fingerprint density at radius 1 is 0.925 bits per heavy atom. The molecule has 2 atom stereocenters. The molecule has 1 N–H and O–H groups in total. The van der Waals surface area contributed by atoms with E-state index in [1.54, 1.807) is 12.1 Å². The number of rotatable bonds is 5. The van der Waals surface area contributed by atoms with Crippen molar-refractivity contribution in [3.63, 3.8) is 0 Å². The highest BCUT2D eigenvalue weighted by Gasteiger charge is 2.34. The van der Waals surface area contributed by atoms with Crippen LogP contribution in [0.2, 0.25) is 0 Å². The van der Waals surface area contributed by atoms with E-state index in [0.29, 0.717) is 34.3 Å². The summed E-state index contributed by atoms with van der Waals surface area (Å²) in [6.07, 6.45) is -4.58. The number of alkyl halides is 6. The van der Waals surface area contributed by atoms with Crippen molar-refractivity contribution in [3.05, 3.63) is 77.7 Å². The van der Waals surface area contributed by atoms with Crippen LogP contribution >= 0.6 is 0 Å². The standard InChI is InChI=1S/C29H27F6N5/c1-17-6-3-4-15-40(17)18(2)26-38-24-16-19(25-23(29(33,34)35)7-5-14-36-25)8-13-22(24)27(39-26)37-21-11-9-20(10-12-21)28(30,31)32/h5,7-14,16-18H,3-4,6,15H2,1-2H3,(H,37,38,39). The first-order valence-electron chi connectivity index (χ1n) is 13.0. The van der Waals surface area contributed by atoms with Crippen molar-refractivity contribution < 1.29 is 26.3 Å². The number of halogens is 6. The van der Waals surface area contributed by atoms with Crippen LogP contribution in [0.4, 0.5) is 37.8 Å². The fourth-order valence-corrected chi connectivity index (χ4v) is 5.16. The zero-order valence-corrected chi connectivity index (χ0v) is 21.8. The SMILES string of the molecule is CC1CCCCN1C(C)c1nc(Nc2ccc(C(F)(F)F)cc2)c2ccc(-c3ncccc3C(F)(F)F)cc2n1. The van der Waals surface area contributed by atoms with E-state index in [2.05, 4.69) is 22.1 Å². The molecule has 2 unspecified atom stereocenters. The molecular formula is C29H27F6N5. The highest BCUT2D eigenvalue weighted by Crippen LogP contribution is 2.38. The fourth-order valence-electron chi connectivity index (χ4n) is 5.16. The summed E-state index contributed by atoms with van der Waals surface area (Å²) in [7, 11) is 0. The summed E-state index contributed by atoms with van der Waals surface area (Å²) < 4.78 is 80.3. The smallest absolute Gasteiger partial charge is 0.340 e. The van der Waals surface area contributed by atoms with Gasteiger partial charge in [-0.3, -0.25) is 9.88 Å². The van der Waals surface area contributed by atoms with Crippen LogP contribution in [0.3, 0.4) is 0 Å². The Labute approximate surface area is 227 Å². The number of hydrogen-bond acceptors (Lipinski definition) is 5. The summed E-state index contributed by atoms with van der Waals surface area (Å²) in [5, 5.41) is 3.61. The molecule has 0 spiro atoms. The van der Waals surface area contributed by atoms with Crippen LogP contribution in [0.15, 0.2) is 60.8 Å². The average Bonchev–Trinajstić information content (AvgIpc) is 2.92. The van der Waals surface area contributed by atoms with Crippen molar-refractivity contribution in [1.29, 1.82) is 0 Å². The Morgan fingerprint density at radius 2 is 1.68 bits per heavy atom. The number of anilines is 2. The Morgan fingerprint density at radius 3 is 2.35 bits per heavy atom. The predicted molar refractivity (Wildman–Crippen MR) is 141 cm³/mol. The molecule has 1 aliphatic rings. The molecule has 4 aromatic rings. The number of aromatic nitrogens is 3. The Hall–Kier alpha value is -3.73. The van der Waals surface area contributed by atoms with Crippen LogP contribution in [-0.2, 0) is 12.4 Å². The van der Waals surface area contributed by atoms with Gasteiger partial charge in [0, 0.05) is 28.9 Å². The molecule has 40 heavy (non-hydrogen) atoms. The number of hydrogen-bond donors (Lipinski definition) is 1. The molecule has 5 rings (SSSR count). The van der Waals surface area contributed by atoms with Crippen LogP contribution < -0.4 is 5.32 Å². The summed E-state index contributed by atoms with van der Waals surface area (Å²) in [6.45, 7) is 4.97. The first-order valence-corrected chi connectivity index (χ1v) is 13.0. The van der Waals surface area contributed by atoms with E-state index in [1.807, 2.05) is 6.92 Å². The summed E-state index contributed by atoms with van der Waals surface area (Å²) in [4.78, 5) is 15.8.